The van der Waals surface area contributed by atoms with E-state index in [2.05, 4.69) is 10.6 Å². The summed E-state index contributed by atoms with van der Waals surface area (Å²) in [6, 6.07) is 11.3. The summed E-state index contributed by atoms with van der Waals surface area (Å²) in [6.45, 7) is 3.01. The van der Waals surface area contributed by atoms with Crippen molar-refractivity contribution in [3.63, 3.8) is 0 Å². The molecule has 2 N–H and O–H groups in total. The molecule has 26 heavy (non-hydrogen) atoms. The first-order valence-corrected chi connectivity index (χ1v) is 8.63. The highest BCUT2D eigenvalue weighted by Gasteiger charge is 2.17. The van der Waals surface area contributed by atoms with E-state index in [9.17, 15) is 9.59 Å². The number of hydrogen-bond donors (Lipinski definition) is 2. The molecule has 1 atom stereocenters. The van der Waals surface area contributed by atoms with Gasteiger partial charge in [0.2, 0.25) is 5.91 Å². The highest BCUT2D eigenvalue weighted by Crippen LogP contribution is 2.30. The van der Waals surface area contributed by atoms with Crippen LogP contribution in [0.4, 0.5) is 0 Å². The minimum Gasteiger partial charge on any atom is -0.486 e. The Morgan fingerprint density at radius 2 is 1.77 bits per heavy atom. The molecule has 0 spiro atoms. The second kappa shape index (κ2) is 8.10. The molecule has 3 rings (SSSR count). The SMILES string of the molecule is CC(NC(=O)c1ccc(Cl)cc1)C(=O)NCc1ccc2c(c1)OCCO2. The number of ether oxygens (including phenoxy) is 2. The summed E-state index contributed by atoms with van der Waals surface area (Å²) in [5.41, 5.74) is 1.33. The lowest BCUT2D eigenvalue weighted by molar-refractivity contribution is -0.122. The number of fused-ring (bicyclic) bond motifs is 1. The molecule has 0 aromatic heterocycles. The van der Waals surface area contributed by atoms with Crippen molar-refractivity contribution in [2.24, 2.45) is 0 Å². The Balaban J connectivity index is 1.52. The van der Waals surface area contributed by atoms with E-state index in [4.69, 9.17) is 21.1 Å². The van der Waals surface area contributed by atoms with Crippen molar-refractivity contribution in [2.75, 3.05) is 13.2 Å². The van der Waals surface area contributed by atoms with Crippen LogP contribution in [-0.4, -0.2) is 31.1 Å². The van der Waals surface area contributed by atoms with Gasteiger partial charge in [-0.05, 0) is 48.9 Å². The quantitative estimate of drug-likeness (QED) is 0.843. The molecule has 1 heterocycles. The number of halogens is 1. The summed E-state index contributed by atoms with van der Waals surface area (Å²) in [5.74, 6) is 0.771. The average Bonchev–Trinajstić information content (AvgIpc) is 2.66. The van der Waals surface area contributed by atoms with Crippen molar-refractivity contribution in [1.82, 2.24) is 10.6 Å². The van der Waals surface area contributed by atoms with Crippen molar-refractivity contribution >= 4 is 23.4 Å². The van der Waals surface area contributed by atoms with E-state index >= 15 is 0 Å². The van der Waals surface area contributed by atoms with Crippen molar-refractivity contribution in [1.29, 1.82) is 0 Å². The number of amides is 2. The van der Waals surface area contributed by atoms with Crippen molar-refractivity contribution in [2.45, 2.75) is 19.5 Å². The molecule has 2 aromatic carbocycles. The van der Waals surface area contributed by atoms with E-state index < -0.39 is 6.04 Å². The molecular weight excluding hydrogens is 356 g/mol. The third-order valence-corrected chi connectivity index (χ3v) is 4.17. The summed E-state index contributed by atoms with van der Waals surface area (Å²) >= 11 is 5.80. The molecule has 2 aromatic rings. The van der Waals surface area contributed by atoms with Gasteiger partial charge in [-0.3, -0.25) is 9.59 Å². The molecule has 0 radical (unpaired) electrons. The van der Waals surface area contributed by atoms with Gasteiger partial charge < -0.3 is 20.1 Å². The summed E-state index contributed by atoms with van der Waals surface area (Å²) in [6.07, 6.45) is 0. The third-order valence-electron chi connectivity index (χ3n) is 3.92. The second-order valence-electron chi connectivity index (χ2n) is 5.90. The van der Waals surface area contributed by atoms with Crippen molar-refractivity contribution < 1.29 is 19.1 Å². The summed E-state index contributed by atoms with van der Waals surface area (Å²) in [4.78, 5) is 24.4. The highest BCUT2D eigenvalue weighted by molar-refractivity contribution is 6.30. The van der Waals surface area contributed by atoms with E-state index in [0.29, 0.717) is 41.8 Å². The fourth-order valence-electron chi connectivity index (χ4n) is 2.49. The fraction of sp³-hybridized carbons (Fsp3) is 0.263. The van der Waals surface area contributed by atoms with Gasteiger partial charge in [-0.2, -0.15) is 0 Å². The van der Waals surface area contributed by atoms with Gasteiger partial charge in [0, 0.05) is 17.1 Å². The molecule has 0 aliphatic carbocycles. The smallest absolute Gasteiger partial charge is 0.251 e. The van der Waals surface area contributed by atoms with Crippen LogP contribution >= 0.6 is 11.6 Å². The van der Waals surface area contributed by atoms with Gasteiger partial charge in [0.25, 0.3) is 5.91 Å². The molecular formula is C19H19ClN2O4. The number of nitrogens with one attached hydrogen (secondary N) is 2. The summed E-state index contributed by atoms with van der Waals surface area (Å²) in [5, 5.41) is 6.01. The largest absolute Gasteiger partial charge is 0.486 e. The van der Waals surface area contributed by atoms with Crippen LogP contribution in [0.3, 0.4) is 0 Å². The molecule has 1 aliphatic rings. The van der Waals surface area contributed by atoms with Gasteiger partial charge in [0.15, 0.2) is 11.5 Å². The van der Waals surface area contributed by atoms with Crippen molar-refractivity contribution in [3.05, 3.63) is 58.6 Å². The zero-order chi connectivity index (χ0) is 18.5. The Labute approximate surface area is 156 Å². The lowest BCUT2D eigenvalue weighted by atomic mass is 10.1. The summed E-state index contributed by atoms with van der Waals surface area (Å²) in [7, 11) is 0. The van der Waals surface area contributed by atoms with E-state index in [-0.39, 0.29) is 11.8 Å². The molecule has 7 heteroatoms. The van der Waals surface area contributed by atoms with Crippen LogP contribution in [0, 0.1) is 0 Å². The van der Waals surface area contributed by atoms with E-state index in [1.807, 2.05) is 18.2 Å². The predicted molar refractivity (Wildman–Crippen MR) is 97.7 cm³/mol. The molecule has 0 fully saturated rings. The van der Waals surface area contributed by atoms with Gasteiger partial charge in [-0.15, -0.1) is 0 Å². The zero-order valence-electron chi connectivity index (χ0n) is 14.3. The van der Waals surface area contributed by atoms with Gasteiger partial charge in [-0.1, -0.05) is 17.7 Å². The Hall–Kier alpha value is -2.73. The first kappa shape index (κ1) is 18.1. The topological polar surface area (TPSA) is 76.7 Å². The first-order valence-electron chi connectivity index (χ1n) is 8.25. The maximum atomic E-state index is 12.2. The number of carbonyl (C=O) groups excluding carboxylic acids is 2. The van der Waals surface area contributed by atoms with E-state index in [0.717, 1.165) is 5.56 Å². The number of carbonyl (C=O) groups is 2. The maximum Gasteiger partial charge on any atom is 0.251 e. The Morgan fingerprint density at radius 1 is 1.08 bits per heavy atom. The van der Waals surface area contributed by atoms with Crippen LogP contribution in [0.5, 0.6) is 11.5 Å². The van der Waals surface area contributed by atoms with Crippen LogP contribution in [0.15, 0.2) is 42.5 Å². The van der Waals surface area contributed by atoms with Crippen LogP contribution in [0.1, 0.15) is 22.8 Å². The Bertz CT molecular complexity index is 808. The minimum absolute atomic E-state index is 0.276. The van der Waals surface area contributed by atoms with Crippen LogP contribution in [-0.2, 0) is 11.3 Å². The van der Waals surface area contributed by atoms with Crippen molar-refractivity contribution in [3.8, 4) is 11.5 Å². The van der Waals surface area contributed by atoms with Gasteiger partial charge >= 0.3 is 0 Å². The van der Waals surface area contributed by atoms with E-state index in [1.165, 1.54) is 0 Å². The third kappa shape index (κ3) is 4.46. The van der Waals surface area contributed by atoms with Crippen LogP contribution in [0.2, 0.25) is 5.02 Å². The molecule has 1 aliphatic heterocycles. The standard InChI is InChI=1S/C19H19ClN2O4/c1-12(22-19(24)14-3-5-15(20)6-4-14)18(23)21-11-13-2-7-16-17(10-13)26-9-8-25-16/h2-7,10,12H,8-9,11H2,1H3,(H,21,23)(H,22,24). The number of rotatable bonds is 5. The average molecular weight is 375 g/mol. The fourth-order valence-corrected chi connectivity index (χ4v) is 2.61. The second-order valence-corrected chi connectivity index (χ2v) is 6.33. The molecule has 0 bridgehead atoms. The lowest BCUT2D eigenvalue weighted by Crippen LogP contribution is -2.44. The Kier molecular flexibility index (Phi) is 5.63. The van der Waals surface area contributed by atoms with Crippen LogP contribution in [0.25, 0.3) is 0 Å². The zero-order valence-corrected chi connectivity index (χ0v) is 15.0. The first-order chi connectivity index (χ1) is 12.5. The number of hydrogen-bond acceptors (Lipinski definition) is 4. The molecule has 0 saturated carbocycles. The molecule has 136 valence electrons. The molecule has 6 nitrogen and oxygen atoms in total. The number of benzene rings is 2. The molecule has 1 unspecified atom stereocenters. The van der Waals surface area contributed by atoms with Gasteiger partial charge in [0.05, 0.1) is 0 Å². The van der Waals surface area contributed by atoms with Gasteiger partial charge in [0.1, 0.15) is 19.3 Å². The maximum absolute atomic E-state index is 12.2. The van der Waals surface area contributed by atoms with Gasteiger partial charge in [-0.25, -0.2) is 0 Å². The highest BCUT2D eigenvalue weighted by atomic mass is 35.5. The van der Waals surface area contributed by atoms with Crippen LogP contribution < -0.4 is 20.1 Å². The summed E-state index contributed by atoms with van der Waals surface area (Å²) < 4.78 is 11.0. The normalized spacial score (nSPS) is 13.6. The predicted octanol–water partition coefficient (Wildman–Crippen LogP) is 2.55. The van der Waals surface area contributed by atoms with E-state index in [1.54, 1.807) is 31.2 Å². The molecule has 2 amide bonds. The molecule has 0 saturated heterocycles. The lowest BCUT2D eigenvalue weighted by Gasteiger charge is -2.19. The minimum atomic E-state index is -0.671. The Morgan fingerprint density at radius 3 is 2.50 bits per heavy atom. The monoisotopic (exact) mass is 374 g/mol.